The molecular formula is C14H19ClFN. The van der Waals surface area contributed by atoms with Crippen LogP contribution in [0.25, 0.3) is 0 Å². The smallest absolute Gasteiger partial charge is 0.142 e. The molecule has 1 aliphatic heterocycles. The van der Waals surface area contributed by atoms with Crippen molar-refractivity contribution in [1.29, 1.82) is 0 Å². The molecule has 2 rings (SSSR count). The van der Waals surface area contributed by atoms with Crippen molar-refractivity contribution in [2.75, 3.05) is 13.1 Å². The van der Waals surface area contributed by atoms with E-state index in [1.54, 1.807) is 0 Å². The minimum absolute atomic E-state index is 0.279. The highest BCUT2D eigenvalue weighted by Gasteiger charge is 2.18. The Bertz CT molecular complexity index is 385. The number of nitrogens with one attached hydrogen (secondary N) is 1. The molecule has 0 bridgehead atoms. The number of piperidine rings is 1. The molecule has 0 aromatic heterocycles. The van der Waals surface area contributed by atoms with Crippen LogP contribution in [-0.4, -0.2) is 13.1 Å². The molecule has 0 aliphatic carbocycles. The summed E-state index contributed by atoms with van der Waals surface area (Å²) in [6.45, 7) is 6.11. The van der Waals surface area contributed by atoms with Crippen molar-refractivity contribution in [2.45, 2.75) is 33.1 Å². The zero-order valence-corrected chi connectivity index (χ0v) is 11.2. The molecule has 1 saturated heterocycles. The Morgan fingerprint density at radius 1 is 1.35 bits per heavy atom. The largest absolute Gasteiger partial charge is 0.317 e. The molecule has 1 aliphatic rings. The predicted octanol–water partition coefficient (Wildman–Crippen LogP) is 3.64. The maximum absolute atomic E-state index is 13.6. The van der Waals surface area contributed by atoms with Crippen LogP contribution < -0.4 is 5.32 Å². The van der Waals surface area contributed by atoms with Crippen LogP contribution in [-0.2, 0) is 6.42 Å². The van der Waals surface area contributed by atoms with Gasteiger partial charge in [0, 0.05) is 0 Å². The average Bonchev–Trinajstić information content (AvgIpc) is 2.33. The SMILES string of the molecule is Cc1cc(F)c(Cl)c(CC2CCNCC2)c1C. The quantitative estimate of drug-likeness (QED) is 0.851. The van der Waals surface area contributed by atoms with Crippen LogP contribution in [0.1, 0.15) is 29.5 Å². The zero-order chi connectivity index (χ0) is 12.4. The van der Waals surface area contributed by atoms with Gasteiger partial charge in [0.1, 0.15) is 5.82 Å². The molecule has 3 heteroatoms. The van der Waals surface area contributed by atoms with Crippen molar-refractivity contribution in [2.24, 2.45) is 5.92 Å². The molecule has 94 valence electrons. The summed E-state index contributed by atoms with van der Waals surface area (Å²) in [4.78, 5) is 0. The van der Waals surface area contributed by atoms with Gasteiger partial charge in [0.25, 0.3) is 0 Å². The molecule has 0 saturated carbocycles. The Kier molecular flexibility index (Phi) is 4.05. The Morgan fingerprint density at radius 2 is 2.00 bits per heavy atom. The molecule has 0 atom stereocenters. The fourth-order valence-electron chi connectivity index (χ4n) is 2.53. The third-order valence-corrected chi connectivity index (χ3v) is 4.22. The van der Waals surface area contributed by atoms with Crippen LogP contribution in [0.4, 0.5) is 4.39 Å². The van der Waals surface area contributed by atoms with E-state index in [1.807, 2.05) is 13.8 Å². The standard InChI is InChI=1S/C14H19ClFN/c1-9-7-13(16)14(15)12(10(9)2)8-11-3-5-17-6-4-11/h7,11,17H,3-6,8H2,1-2H3. The van der Waals surface area contributed by atoms with Gasteiger partial charge in [-0.15, -0.1) is 0 Å². The lowest BCUT2D eigenvalue weighted by Crippen LogP contribution is -2.28. The van der Waals surface area contributed by atoms with Gasteiger partial charge in [-0.1, -0.05) is 11.6 Å². The van der Waals surface area contributed by atoms with E-state index in [0.717, 1.165) is 49.0 Å². The Balaban J connectivity index is 2.24. The molecule has 1 aromatic rings. The van der Waals surface area contributed by atoms with E-state index in [4.69, 9.17) is 11.6 Å². The van der Waals surface area contributed by atoms with Crippen LogP contribution in [0.2, 0.25) is 5.02 Å². The van der Waals surface area contributed by atoms with Crippen molar-refractivity contribution in [1.82, 2.24) is 5.32 Å². The molecule has 0 unspecified atom stereocenters. The van der Waals surface area contributed by atoms with E-state index < -0.39 is 0 Å². The summed E-state index contributed by atoms with van der Waals surface area (Å²) in [6.07, 6.45) is 3.22. The molecule has 0 amide bonds. The van der Waals surface area contributed by atoms with Crippen LogP contribution in [0, 0.1) is 25.6 Å². The summed E-state index contributed by atoms with van der Waals surface area (Å²) in [5, 5.41) is 3.67. The highest BCUT2D eigenvalue weighted by atomic mass is 35.5. The molecule has 1 nitrogen and oxygen atoms in total. The summed E-state index contributed by atoms with van der Waals surface area (Å²) in [5.74, 6) is 0.354. The summed E-state index contributed by atoms with van der Waals surface area (Å²) in [5.41, 5.74) is 3.15. The fourth-order valence-corrected chi connectivity index (χ4v) is 2.80. The first-order chi connectivity index (χ1) is 8.09. The second-order valence-corrected chi connectivity index (χ2v) is 5.37. The first-order valence-electron chi connectivity index (χ1n) is 6.24. The van der Waals surface area contributed by atoms with Crippen LogP contribution in [0.15, 0.2) is 6.07 Å². The Hall–Kier alpha value is -0.600. The van der Waals surface area contributed by atoms with Crippen LogP contribution in [0.5, 0.6) is 0 Å². The minimum Gasteiger partial charge on any atom is -0.317 e. The van der Waals surface area contributed by atoms with Gasteiger partial charge in [-0.25, -0.2) is 4.39 Å². The second kappa shape index (κ2) is 5.36. The van der Waals surface area contributed by atoms with E-state index in [-0.39, 0.29) is 5.82 Å². The maximum atomic E-state index is 13.6. The van der Waals surface area contributed by atoms with Crippen molar-refractivity contribution in [3.05, 3.63) is 33.6 Å². The van der Waals surface area contributed by atoms with Gasteiger partial charge in [-0.3, -0.25) is 0 Å². The van der Waals surface area contributed by atoms with Crippen LogP contribution >= 0.6 is 11.6 Å². The number of hydrogen-bond acceptors (Lipinski definition) is 1. The van der Waals surface area contributed by atoms with E-state index in [2.05, 4.69) is 5.32 Å². The molecule has 1 N–H and O–H groups in total. The van der Waals surface area contributed by atoms with Crippen molar-refractivity contribution < 1.29 is 4.39 Å². The third-order valence-electron chi connectivity index (χ3n) is 3.81. The van der Waals surface area contributed by atoms with Gasteiger partial charge < -0.3 is 5.32 Å². The van der Waals surface area contributed by atoms with Gasteiger partial charge in [-0.2, -0.15) is 0 Å². The minimum atomic E-state index is -0.279. The zero-order valence-electron chi connectivity index (χ0n) is 10.4. The monoisotopic (exact) mass is 255 g/mol. The van der Waals surface area contributed by atoms with E-state index in [1.165, 1.54) is 6.07 Å². The molecule has 1 aromatic carbocycles. The van der Waals surface area contributed by atoms with Gasteiger partial charge >= 0.3 is 0 Å². The van der Waals surface area contributed by atoms with Crippen molar-refractivity contribution in [3.8, 4) is 0 Å². The van der Waals surface area contributed by atoms with E-state index >= 15 is 0 Å². The number of rotatable bonds is 2. The van der Waals surface area contributed by atoms with Crippen molar-refractivity contribution >= 4 is 11.6 Å². The summed E-state index contributed by atoms with van der Waals surface area (Å²) < 4.78 is 13.6. The molecule has 0 spiro atoms. The molecule has 0 radical (unpaired) electrons. The summed E-state index contributed by atoms with van der Waals surface area (Å²) in [6, 6.07) is 1.53. The van der Waals surface area contributed by atoms with E-state index in [9.17, 15) is 4.39 Å². The van der Waals surface area contributed by atoms with Crippen molar-refractivity contribution in [3.63, 3.8) is 0 Å². The van der Waals surface area contributed by atoms with Crippen LogP contribution in [0.3, 0.4) is 0 Å². The Labute approximate surface area is 107 Å². The first-order valence-corrected chi connectivity index (χ1v) is 6.62. The Morgan fingerprint density at radius 3 is 2.65 bits per heavy atom. The number of aryl methyl sites for hydroxylation is 1. The highest BCUT2D eigenvalue weighted by Crippen LogP contribution is 2.30. The molecule has 1 heterocycles. The predicted molar refractivity (Wildman–Crippen MR) is 70.2 cm³/mol. The number of hydrogen-bond donors (Lipinski definition) is 1. The number of benzene rings is 1. The lowest BCUT2D eigenvalue weighted by atomic mass is 9.88. The third kappa shape index (κ3) is 2.80. The number of halogens is 2. The molecule has 1 fully saturated rings. The summed E-state index contributed by atoms with van der Waals surface area (Å²) >= 11 is 6.10. The maximum Gasteiger partial charge on any atom is 0.142 e. The first kappa shape index (κ1) is 12.8. The van der Waals surface area contributed by atoms with Gasteiger partial charge in [0.15, 0.2) is 0 Å². The molecular weight excluding hydrogens is 237 g/mol. The second-order valence-electron chi connectivity index (χ2n) is 4.99. The normalized spacial score (nSPS) is 17.4. The highest BCUT2D eigenvalue weighted by molar-refractivity contribution is 6.31. The van der Waals surface area contributed by atoms with E-state index in [0.29, 0.717) is 10.9 Å². The topological polar surface area (TPSA) is 12.0 Å². The van der Waals surface area contributed by atoms with Gasteiger partial charge in [0.2, 0.25) is 0 Å². The lowest BCUT2D eigenvalue weighted by Gasteiger charge is -2.24. The van der Waals surface area contributed by atoms with Gasteiger partial charge in [0.05, 0.1) is 5.02 Å². The molecule has 17 heavy (non-hydrogen) atoms. The average molecular weight is 256 g/mol. The summed E-state index contributed by atoms with van der Waals surface area (Å²) in [7, 11) is 0. The fraction of sp³-hybridized carbons (Fsp3) is 0.571. The van der Waals surface area contributed by atoms with Gasteiger partial charge in [-0.05, 0) is 74.9 Å². The lowest BCUT2D eigenvalue weighted by molar-refractivity contribution is 0.372.